The van der Waals surface area contributed by atoms with Crippen molar-refractivity contribution < 1.29 is 23.1 Å². The second kappa shape index (κ2) is 6.95. The standard InChI is InChI=1S/C15H13F3N2O2/c16-12-5-11(6-13(17)14(12)18)20-15(22)19-7-9-3-1-2-4-10(9)8-21/h1-6,21H,7-8H2,(H2,19,20,22). The molecule has 3 N–H and O–H groups in total. The van der Waals surface area contributed by atoms with Crippen molar-refractivity contribution in [2.45, 2.75) is 13.2 Å². The van der Waals surface area contributed by atoms with Gasteiger partial charge < -0.3 is 15.7 Å². The van der Waals surface area contributed by atoms with E-state index in [1.807, 2.05) is 0 Å². The number of hydrogen-bond donors (Lipinski definition) is 3. The van der Waals surface area contributed by atoms with Gasteiger partial charge in [-0.2, -0.15) is 0 Å². The van der Waals surface area contributed by atoms with Gasteiger partial charge in [0.15, 0.2) is 17.5 Å². The van der Waals surface area contributed by atoms with Crippen molar-refractivity contribution in [2.75, 3.05) is 5.32 Å². The SMILES string of the molecule is O=C(NCc1ccccc1CO)Nc1cc(F)c(F)c(F)c1. The first kappa shape index (κ1) is 15.8. The van der Waals surface area contributed by atoms with Gasteiger partial charge in [-0.3, -0.25) is 0 Å². The molecule has 2 aromatic carbocycles. The van der Waals surface area contributed by atoms with Crippen LogP contribution in [0.15, 0.2) is 36.4 Å². The number of rotatable bonds is 4. The summed E-state index contributed by atoms with van der Waals surface area (Å²) in [5.74, 6) is -4.37. The average molecular weight is 310 g/mol. The molecular formula is C15H13F3N2O2. The Hall–Kier alpha value is -2.54. The van der Waals surface area contributed by atoms with E-state index in [-0.39, 0.29) is 18.8 Å². The molecule has 0 spiro atoms. The molecule has 2 rings (SSSR count). The highest BCUT2D eigenvalue weighted by molar-refractivity contribution is 5.89. The van der Waals surface area contributed by atoms with Crippen LogP contribution < -0.4 is 10.6 Å². The number of aliphatic hydroxyl groups is 1. The molecule has 0 fully saturated rings. The molecule has 116 valence electrons. The van der Waals surface area contributed by atoms with Crippen molar-refractivity contribution in [2.24, 2.45) is 0 Å². The molecule has 4 nitrogen and oxygen atoms in total. The van der Waals surface area contributed by atoms with Crippen LogP contribution >= 0.6 is 0 Å². The van der Waals surface area contributed by atoms with E-state index in [1.165, 1.54) is 0 Å². The number of nitrogens with one attached hydrogen (secondary N) is 2. The van der Waals surface area contributed by atoms with E-state index < -0.39 is 23.5 Å². The number of urea groups is 1. The summed E-state index contributed by atoms with van der Waals surface area (Å²) in [5.41, 5.74) is 1.16. The second-order valence-electron chi connectivity index (χ2n) is 4.49. The largest absolute Gasteiger partial charge is 0.392 e. The van der Waals surface area contributed by atoms with Gasteiger partial charge in [0.2, 0.25) is 0 Å². The van der Waals surface area contributed by atoms with Crippen molar-refractivity contribution in [3.63, 3.8) is 0 Å². The lowest BCUT2D eigenvalue weighted by Gasteiger charge is -2.10. The summed E-state index contributed by atoms with van der Waals surface area (Å²) in [6.07, 6.45) is 0. The summed E-state index contributed by atoms with van der Waals surface area (Å²) in [7, 11) is 0. The molecule has 0 heterocycles. The van der Waals surface area contributed by atoms with Crippen LogP contribution in [-0.2, 0) is 13.2 Å². The Kier molecular flexibility index (Phi) is 5.00. The summed E-state index contributed by atoms with van der Waals surface area (Å²) in [5, 5.41) is 13.8. The maximum Gasteiger partial charge on any atom is 0.319 e. The van der Waals surface area contributed by atoms with Gasteiger partial charge in [-0.1, -0.05) is 24.3 Å². The lowest BCUT2D eigenvalue weighted by molar-refractivity contribution is 0.251. The Labute approximate surface area is 124 Å². The molecule has 0 atom stereocenters. The summed E-state index contributed by atoms with van der Waals surface area (Å²) in [6, 6.07) is 7.58. The molecule has 0 aliphatic rings. The topological polar surface area (TPSA) is 61.4 Å². The van der Waals surface area contributed by atoms with E-state index >= 15 is 0 Å². The van der Waals surface area contributed by atoms with E-state index in [9.17, 15) is 18.0 Å². The highest BCUT2D eigenvalue weighted by Gasteiger charge is 2.12. The average Bonchev–Trinajstić information content (AvgIpc) is 2.50. The zero-order chi connectivity index (χ0) is 16.1. The van der Waals surface area contributed by atoms with Gasteiger partial charge in [0, 0.05) is 24.4 Å². The van der Waals surface area contributed by atoms with Gasteiger partial charge in [-0.15, -0.1) is 0 Å². The van der Waals surface area contributed by atoms with Gasteiger partial charge in [-0.25, -0.2) is 18.0 Å². The van der Waals surface area contributed by atoms with Crippen LogP contribution in [-0.4, -0.2) is 11.1 Å². The Morgan fingerprint density at radius 2 is 1.64 bits per heavy atom. The van der Waals surface area contributed by atoms with Crippen molar-refractivity contribution in [1.29, 1.82) is 0 Å². The molecule has 0 aromatic heterocycles. The molecule has 22 heavy (non-hydrogen) atoms. The smallest absolute Gasteiger partial charge is 0.319 e. The molecule has 0 aliphatic carbocycles. The lowest BCUT2D eigenvalue weighted by Crippen LogP contribution is -2.28. The van der Waals surface area contributed by atoms with Crippen LogP contribution in [0.5, 0.6) is 0 Å². The minimum Gasteiger partial charge on any atom is -0.392 e. The number of carbonyl (C=O) groups is 1. The molecule has 2 aromatic rings. The molecule has 0 radical (unpaired) electrons. The number of amides is 2. The maximum absolute atomic E-state index is 13.0. The number of halogens is 3. The third kappa shape index (κ3) is 3.76. The van der Waals surface area contributed by atoms with Gasteiger partial charge in [-0.05, 0) is 11.1 Å². The van der Waals surface area contributed by atoms with E-state index in [0.717, 1.165) is 0 Å². The zero-order valence-corrected chi connectivity index (χ0v) is 11.4. The number of aliphatic hydroxyl groups excluding tert-OH is 1. The highest BCUT2D eigenvalue weighted by Crippen LogP contribution is 2.17. The molecule has 0 saturated heterocycles. The summed E-state index contributed by atoms with van der Waals surface area (Å²) in [6.45, 7) is -0.0530. The Bertz CT molecular complexity index is 669. The Balaban J connectivity index is 1.99. The minimum atomic E-state index is -1.59. The summed E-state index contributed by atoms with van der Waals surface area (Å²) in [4.78, 5) is 11.7. The monoisotopic (exact) mass is 310 g/mol. The molecule has 7 heteroatoms. The van der Waals surface area contributed by atoms with E-state index in [4.69, 9.17) is 5.11 Å². The fourth-order valence-electron chi connectivity index (χ4n) is 1.86. The van der Waals surface area contributed by atoms with Crippen LogP contribution in [0.4, 0.5) is 23.7 Å². The second-order valence-corrected chi connectivity index (χ2v) is 4.49. The molecule has 2 amide bonds. The highest BCUT2D eigenvalue weighted by atomic mass is 19.2. The van der Waals surface area contributed by atoms with Gasteiger partial charge in [0.05, 0.1) is 6.61 Å². The molecule has 0 aliphatic heterocycles. The minimum absolute atomic E-state index is 0.120. The van der Waals surface area contributed by atoms with Crippen LogP contribution in [0.2, 0.25) is 0 Å². The fourth-order valence-corrected chi connectivity index (χ4v) is 1.86. The first-order chi connectivity index (χ1) is 10.5. The number of benzene rings is 2. The molecule has 0 saturated carbocycles. The number of carbonyl (C=O) groups excluding carboxylic acids is 1. The van der Waals surface area contributed by atoms with Crippen molar-refractivity contribution in [1.82, 2.24) is 5.32 Å². The quantitative estimate of drug-likeness (QED) is 0.760. The van der Waals surface area contributed by atoms with Crippen LogP contribution in [0.3, 0.4) is 0 Å². The van der Waals surface area contributed by atoms with Gasteiger partial charge in [0.25, 0.3) is 0 Å². The maximum atomic E-state index is 13.0. The van der Waals surface area contributed by atoms with E-state index in [2.05, 4.69) is 10.6 Å². The fraction of sp³-hybridized carbons (Fsp3) is 0.133. The number of hydrogen-bond acceptors (Lipinski definition) is 2. The number of anilines is 1. The van der Waals surface area contributed by atoms with Crippen LogP contribution in [0, 0.1) is 17.5 Å². The van der Waals surface area contributed by atoms with Crippen LogP contribution in [0.1, 0.15) is 11.1 Å². The summed E-state index contributed by atoms with van der Waals surface area (Å²) < 4.78 is 38.8. The van der Waals surface area contributed by atoms with Gasteiger partial charge >= 0.3 is 6.03 Å². The Morgan fingerprint density at radius 3 is 2.23 bits per heavy atom. The first-order valence-electron chi connectivity index (χ1n) is 6.38. The first-order valence-corrected chi connectivity index (χ1v) is 6.38. The zero-order valence-electron chi connectivity index (χ0n) is 11.4. The van der Waals surface area contributed by atoms with Crippen molar-refractivity contribution >= 4 is 11.7 Å². The predicted octanol–water partition coefficient (Wildman–Crippen LogP) is 2.92. The van der Waals surface area contributed by atoms with Crippen molar-refractivity contribution in [3.05, 3.63) is 65.0 Å². The van der Waals surface area contributed by atoms with Crippen LogP contribution in [0.25, 0.3) is 0 Å². The van der Waals surface area contributed by atoms with Crippen molar-refractivity contribution in [3.8, 4) is 0 Å². The normalized spacial score (nSPS) is 10.4. The Morgan fingerprint density at radius 1 is 1.05 bits per heavy atom. The van der Waals surface area contributed by atoms with E-state index in [1.54, 1.807) is 24.3 Å². The summed E-state index contributed by atoms with van der Waals surface area (Å²) >= 11 is 0. The molecule has 0 unspecified atom stereocenters. The molecule has 0 bridgehead atoms. The third-order valence-electron chi connectivity index (χ3n) is 2.97. The molecular weight excluding hydrogens is 297 g/mol. The predicted molar refractivity (Wildman–Crippen MR) is 74.5 cm³/mol. The lowest BCUT2D eigenvalue weighted by atomic mass is 10.1. The third-order valence-corrected chi connectivity index (χ3v) is 2.97. The van der Waals surface area contributed by atoms with Gasteiger partial charge in [0.1, 0.15) is 0 Å². The van der Waals surface area contributed by atoms with E-state index in [0.29, 0.717) is 23.3 Å².